The smallest absolute Gasteiger partial charge is 0.409 e. The van der Waals surface area contributed by atoms with Gasteiger partial charge in [0.05, 0.1) is 0 Å². The Morgan fingerprint density at radius 2 is 1.52 bits per heavy atom. The molecule has 0 aliphatic heterocycles. The molecule has 0 radical (unpaired) electrons. The predicted octanol–water partition coefficient (Wildman–Crippen LogP) is 3.21. The van der Waals surface area contributed by atoms with Crippen molar-refractivity contribution in [3.63, 3.8) is 0 Å². The molecule has 1 N–H and O–H groups in total. The van der Waals surface area contributed by atoms with Crippen LogP contribution in [-0.2, 0) is 6.42 Å². The first kappa shape index (κ1) is 17.7. The molecular formula is C11H15F6N3O. The van der Waals surface area contributed by atoms with Gasteiger partial charge in [0.2, 0.25) is 17.7 Å². The second kappa shape index (κ2) is 5.82. The van der Waals surface area contributed by atoms with Crippen molar-refractivity contribution in [1.29, 1.82) is 0 Å². The Balaban J connectivity index is 2.81. The summed E-state index contributed by atoms with van der Waals surface area (Å²) in [5.41, 5.74) is -0.247. The summed E-state index contributed by atoms with van der Waals surface area (Å²) in [5.74, 6) is -5.53. The molecule has 122 valence electrons. The number of nitrogens with one attached hydrogen (secondary N) is 1. The first-order valence-electron chi connectivity index (χ1n) is 6.01. The molecule has 0 bridgehead atoms. The van der Waals surface area contributed by atoms with Gasteiger partial charge in [0, 0.05) is 18.5 Å². The third-order valence-electron chi connectivity index (χ3n) is 2.38. The van der Waals surface area contributed by atoms with E-state index >= 15 is 0 Å². The Morgan fingerprint density at radius 3 is 1.95 bits per heavy atom. The molecule has 0 saturated heterocycles. The van der Waals surface area contributed by atoms with E-state index in [0.717, 1.165) is 0 Å². The first-order valence-corrected chi connectivity index (χ1v) is 6.01. The van der Waals surface area contributed by atoms with Crippen LogP contribution < -0.4 is 5.32 Å². The highest BCUT2D eigenvalue weighted by Crippen LogP contribution is 2.45. The number of halogens is 6. The lowest BCUT2D eigenvalue weighted by Crippen LogP contribution is -2.37. The quantitative estimate of drug-likeness (QED) is 0.866. The number of aromatic nitrogens is 2. The summed E-state index contributed by atoms with van der Waals surface area (Å²) < 4.78 is 79.3. The van der Waals surface area contributed by atoms with Crippen molar-refractivity contribution in [2.75, 3.05) is 6.54 Å². The van der Waals surface area contributed by atoms with Crippen LogP contribution in [0.15, 0.2) is 4.42 Å². The molecule has 21 heavy (non-hydrogen) atoms. The number of hydrogen-bond donors (Lipinski definition) is 1. The molecule has 0 amide bonds. The van der Waals surface area contributed by atoms with Crippen molar-refractivity contribution in [3.8, 4) is 0 Å². The molecule has 0 aliphatic carbocycles. The fraction of sp³-hybridized carbons (Fsp3) is 0.818. The third-order valence-corrected chi connectivity index (χ3v) is 2.38. The lowest BCUT2D eigenvalue weighted by Gasteiger charge is -2.20. The summed E-state index contributed by atoms with van der Waals surface area (Å²) in [6.07, 6.45) is -11.0. The Labute approximate surface area is 116 Å². The van der Waals surface area contributed by atoms with E-state index in [9.17, 15) is 26.3 Å². The SMILES string of the molecule is CC(C)(C)NCCc1nnc(C(C(F)(F)F)C(F)(F)F)o1. The standard InChI is InChI=1S/C11H15F6N3O/c1-9(2,3)18-5-4-6-19-20-8(21-6)7(10(12,13)14)11(15,16)17/h7,18H,4-5H2,1-3H3. The molecule has 0 aliphatic rings. The summed E-state index contributed by atoms with van der Waals surface area (Å²) in [7, 11) is 0. The summed E-state index contributed by atoms with van der Waals surface area (Å²) >= 11 is 0. The van der Waals surface area contributed by atoms with Crippen LogP contribution in [0.3, 0.4) is 0 Å². The second-order valence-electron chi connectivity index (χ2n) is 5.48. The minimum absolute atomic E-state index is 0.0344. The van der Waals surface area contributed by atoms with Gasteiger partial charge in [0.25, 0.3) is 0 Å². The zero-order chi connectivity index (χ0) is 16.5. The maximum absolute atomic E-state index is 12.5. The molecule has 0 spiro atoms. The van der Waals surface area contributed by atoms with E-state index in [1.54, 1.807) is 0 Å². The molecule has 0 saturated carbocycles. The van der Waals surface area contributed by atoms with Gasteiger partial charge in [-0.15, -0.1) is 10.2 Å². The molecule has 0 atom stereocenters. The zero-order valence-corrected chi connectivity index (χ0v) is 11.6. The van der Waals surface area contributed by atoms with E-state index in [0.29, 0.717) is 0 Å². The normalized spacial score (nSPS) is 14.0. The van der Waals surface area contributed by atoms with Crippen LogP contribution >= 0.6 is 0 Å². The van der Waals surface area contributed by atoms with Gasteiger partial charge in [-0.05, 0) is 20.8 Å². The topological polar surface area (TPSA) is 51.0 Å². The summed E-state index contributed by atoms with van der Waals surface area (Å²) in [4.78, 5) is 0. The van der Waals surface area contributed by atoms with Crippen molar-refractivity contribution in [3.05, 3.63) is 11.8 Å². The molecule has 0 unspecified atom stereocenters. The molecular weight excluding hydrogens is 304 g/mol. The lowest BCUT2D eigenvalue weighted by molar-refractivity contribution is -0.258. The Morgan fingerprint density at radius 1 is 1.00 bits per heavy atom. The number of hydrogen-bond acceptors (Lipinski definition) is 4. The van der Waals surface area contributed by atoms with Crippen LogP contribution in [0.1, 0.15) is 38.5 Å². The van der Waals surface area contributed by atoms with E-state index in [2.05, 4.69) is 19.9 Å². The Bertz CT molecular complexity index is 446. The van der Waals surface area contributed by atoms with Gasteiger partial charge in [-0.2, -0.15) is 26.3 Å². The fourth-order valence-corrected chi connectivity index (χ4v) is 1.49. The molecule has 1 rings (SSSR count). The molecule has 1 heterocycles. The summed E-state index contributed by atoms with van der Waals surface area (Å²) in [6.45, 7) is 5.86. The fourth-order valence-electron chi connectivity index (χ4n) is 1.49. The highest BCUT2D eigenvalue weighted by atomic mass is 19.4. The Hall–Kier alpha value is -1.32. The van der Waals surface area contributed by atoms with Crippen molar-refractivity contribution in [2.45, 2.75) is 51.0 Å². The van der Waals surface area contributed by atoms with Gasteiger partial charge in [-0.1, -0.05) is 0 Å². The average Bonchev–Trinajstić information content (AvgIpc) is 2.59. The van der Waals surface area contributed by atoms with Gasteiger partial charge in [0.1, 0.15) is 0 Å². The van der Waals surface area contributed by atoms with E-state index in [1.807, 2.05) is 20.8 Å². The number of rotatable bonds is 4. The van der Waals surface area contributed by atoms with E-state index in [4.69, 9.17) is 0 Å². The van der Waals surface area contributed by atoms with Crippen LogP contribution in [-0.4, -0.2) is 34.6 Å². The minimum Gasteiger partial charge on any atom is -0.424 e. The maximum Gasteiger partial charge on any atom is 0.409 e. The van der Waals surface area contributed by atoms with Gasteiger partial charge in [0.15, 0.2) is 0 Å². The monoisotopic (exact) mass is 319 g/mol. The van der Waals surface area contributed by atoms with Crippen molar-refractivity contribution >= 4 is 0 Å². The van der Waals surface area contributed by atoms with Crippen molar-refractivity contribution < 1.29 is 30.8 Å². The van der Waals surface area contributed by atoms with E-state index in [-0.39, 0.29) is 24.4 Å². The first-order chi connectivity index (χ1) is 9.31. The molecule has 0 aromatic carbocycles. The molecule has 1 aromatic heterocycles. The van der Waals surface area contributed by atoms with E-state index in [1.165, 1.54) is 0 Å². The number of alkyl halides is 6. The van der Waals surface area contributed by atoms with Crippen LogP contribution in [0.2, 0.25) is 0 Å². The van der Waals surface area contributed by atoms with E-state index < -0.39 is 24.2 Å². The number of nitrogens with zero attached hydrogens (tertiary/aromatic N) is 2. The van der Waals surface area contributed by atoms with Crippen molar-refractivity contribution in [1.82, 2.24) is 15.5 Å². The molecule has 10 heteroatoms. The molecule has 1 aromatic rings. The molecule has 0 fully saturated rings. The highest BCUT2D eigenvalue weighted by Gasteiger charge is 2.60. The average molecular weight is 319 g/mol. The summed E-state index contributed by atoms with van der Waals surface area (Å²) in [5, 5.41) is 9.10. The van der Waals surface area contributed by atoms with Gasteiger partial charge < -0.3 is 9.73 Å². The van der Waals surface area contributed by atoms with Crippen molar-refractivity contribution in [2.24, 2.45) is 0 Å². The largest absolute Gasteiger partial charge is 0.424 e. The van der Waals surface area contributed by atoms with Crippen LogP contribution in [0.4, 0.5) is 26.3 Å². The minimum atomic E-state index is -5.54. The van der Waals surface area contributed by atoms with Gasteiger partial charge in [-0.25, -0.2) is 0 Å². The summed E-state index contributed by atoms with van der Waals surface area (Å²) in [6, 6.07) is 0. The Kier molecular flexibility index (Phi) is 4.91. The van der Waals surface area contributed by atoms with Gasteiger partial charge in [-0.3, -0.25) is 0 Å². The van der Waals surface area contributed by atoms with Gasteiger partial charge >= 0.3 is 12.4 Å². The van der Waals surface area contributed by atoms with Crippen LogP contribution in [0, 0.1) is 0 Å². The predicted molar refractivity (Wildman–Crippen MR) is 60.6 cm³/mol. The lowest BCUT2D eigenvalue weighted by atomic mass is 10.1. The maximum atomic E-state index is 12.5. The van der Waals surface area contributed by atoms with Crippen LogP contribution in [0.25, 0.3) is 0 Å². The zero-order valence-electron chi connectivity index (χ0n) is 11.6. The van der Waals surface area contributed by atoms with Crippen LogP contribution in [0.5, 0.6) is 0 Å². The third kappa shape index (κ3) is 5.52. The second-order valence-corrected chi connectivity index (χ2v) is 5.48. The molecule has 4 nitrogen and oxygen atoms in total. The highest BCUT2D eigenvalue weighted by molar-refractivity contribution is 5.00.